The third-order valence-corrected chi connectivity index (χ3v) is 3.23. The molecule has 4 nitrogen and oxygen atoms in total. The van der Waals surface area contributed by atoms with Gasteiger partial charge in [0.15, 0.2) is 5.92 Å². The molecule has 1 saturated carbocycles. The molecule has 3 unspecified atom stereocenters. The molecule has 0 aromatic heterocycles. The van der Waals surface area contributed by atoms with Crippen molar-refractivity contribution < 1.29 is 28.2 Å². The summed E-state index contributed by atoms with van der Waals surface area (Å²) < 4.78 is 37.0. The molecule has 0 aliphatic heterocycles. The van der Waals surface area contributed by atoms with E-state index >= 15 is 0 Å². The predicted molar refractivity (Wildman–Crippen MR) is 58.0 cm³/mol. The Hall–Kier alpha value is -0.820. The van der Waals surface area contributed by atoms with E-state index in [1.54, 1.807) is 0 Å². The van der Waals surface area contributed by atoms with Crippen molar-refractivity contribution in [3.8, 4) is 0 Å². The van der Waals surface area contributed by atoms with Gasteiger partial charge in [0.05, 0.1) is 6.10 Å². The third kappa shape index (κ3) is 4.81. The molecule has 1 fully saturated rings. The molecule has 0 aromatic rings. The van der Waals surface area contributed by atoms with Crippen LogP contribution in [0.1, 0.15) is 25.7 Å². The van der Waals surface area contributed by atoms with Crippen molar-refractivity contribution in [2.75, 3.05) is 13.1 Å². The summed E-state index contributed by atoms with van der Waals surface area (Å²) in [5, 5.41) is 20.4. The van der Waals surface area contributed by atoms with E-state index in [0.29, 0.717) is 13.0 Å². The Morgan fingerprint density at radius 1 is 1.39 bits per heavy atom. The minimum Gasteiger partial charge on any atom is -0.481 e. The van der Waals surface area contributed by atoms with Crippen LogP contribution in [0.15, 0.2) is 0 Å². The lowest BCUT2D eigenvalue weighted by Crippen LogP contribution is -2.41. The zero-order chi connectivity index (χ0) is 13.8. The van der Waals surface area contributed by atoms with Crippen LogP contribution in [0.3, 0.4) is 0 Å². The standard InChI is InChI=1S/C11H18F3NO3/c12-11(13,14)9(10(17)18)6-15-5-7-2-1-3-8(16)4-7/h7-9,15-16H,1-6H2,(H,17,18). The van der Waals surface area contributed by atoms with Crippen LogP contribution >= 0.6 is 0 Å². The van der Waals surface area contributed by atoms with Crippen molar-refractivity contribution >= 4 is 5.97 Å². The van der Waals surface area contributed by atoms with Gasteiger partial charge < -0.3 is 15.5 Å². The SMILES string of the molecule is O=C(O)C(CNCC1CCCC(O)C1)C(F)(F)F. The van der Waals surface area contributed by atoms with Gasteiger partial charge in [-0.15, -0.1) is 0 Å². The molecule has 0 aromatic carbocycles. The first-order valence-corrected chi connectivity index (χ1v) is 5.99. The normalized spacial score (nSPS) is 26.9. The van der Waals surface area contributed by atoms with E-state index in [-0.39, 0.29) is 12.0 Å². The lowest BCUT2D eigenvalue weighted by molar-refractivity contribution is -0.192. The van der Waals surface area contributed by atoms with Crippen molar-refractivity contribution in [3.05, 3.63) is 0 Å². The van der Waals surface area contributed by atoms with Crippen molar-refractivity contribution in [1.29, 1.82) is 0 Å². The summed E-state index contributed by atoms with van der Waals surface area (Å²) >= 11 is 0. The molecule has 0 saturated heterocycles. The summed E-state index contributed by atoms with van der Waals surface area (Å²) in [5.74, 6) is -4.11. The first kappa shape index (κ1) is 15.2. The van der Waals surface area contributed by atoms with Gasteiger partial charge in [0.2, 0.25) is 0 Å². The van der Waals surface area contributed by atoms with Crippen LogP contribution in [0.2, 0.25) is 0 Å². The molecule has 0 spiro atoms. The maximum atomic E-state index is 12.3. The molecule has 1 aliphatic carbocycles. The second kappa shape index (κ2) is 6.38. The number of hydrogen-bond acceptors (Lipinski definition) is 3. The number of halogens is 3. The van der Waals surface area contributed by atoms with Crippen LogP contribution in [-0.4, -0.2) is 41.6 Å². The topological polar surface area (TPSA) is 69.6 Å². The van der Waals surface area contributed by atoms with E-state index in [0.717, 1.165) is 19.3 Å². The monoisotopic (exact) mass is 269 g/mol. The fourth-order valence-electron chi connectivity index (χ4n) is 2.22. The van der Waals surface area contributed by atoms with E-state index in [1.165, 1.54) is 0 Å². The van der Waals surface area contributed by atoms with Crippen LogP contribution in [0.5, 0.6) is 0 Å². The van der Waals surface area contributed by atoms with Crippen molar-refractivity contribution in [2.45, 2.75) is 38.0 Å². The van der Waals surface area contributed by atoms with Gasteiger partial charge >= 0.3 is 12.1 Å². The maximum Gasteiger partial charge on any atom is 0.403 e. The summed E-state index contributed by atoms with van der Waals surface area (Å²) in [7, 11) is 0. The van der Waals surface area contributed by atoms with Crippen molar-refractivity contribution in [3.63, 3.8) is 0 Å². The zero-order valence-electron chi connectivity index (χ0n) is 9.91. The van der Waals surface area contributed by atoms with Crippen molar-refractivity contribution in [2.24, 2.45) is 11.8 Å². The number of alkyl halides is 3. The highest BCUT2D eigenvalue weighted by Gasteiger charge is 2.44. The molecule has 1 aliphatic rings. The highest BCUT2D eigenvalue weighted by Crippen LogP contribution is 2.27. The Morgan fingerprint density at radius 3 is 2.56 bits per heavy atom. The Bertz CT molecular complexity index is 283. The largest absolute Gasteiger partial charge is 0.481 e. The van der Waals surface area contributed by atoms with E-state index in [9.17, 15) is 23.1 Å². The van der Waals surface area contributed by atoms with Crippen LogP contribution in [-0.2, 0) is 4.79 Å². The minimum absolute atomic E-state index is 0.122. The second-order valence-corrected chi connectivity index (χ2v) is 4.78. The molecule has 18 heavy (non-hydrogen) atoms. The fourth-order valence-corrected chi connectivity index (χ4v) is 2.22. The highest BCUT2D eigenvalue weighted by molar-refractivity contribution is 5.71. The number of aliphatic carboxylic acids is 1. The quantitative estimate of drug-likeness (QED) is 0.705. The van der Waals surface area contributed by atoms with Crippen LogP contribution < -0.4 is 5.32 Å². The van der Waals surface area contributed by atoms with Gasteiger partial charge in [-0.25, -0.2) is 0 Å². The van der Waals surface area contributed by atoms with E-state index in [4.69, 9.17) is 5.11 Å². The smallest absolute Gasteiger partial charge is 0.403 e. The molecule has 0 heterocycles. The number of nitrogens with one attached hydrogen (secondary N) is 1. The van der Waals surface area contributed by atoms with Crippen molar-refractivity contribution in [1.82, 2.24) is 5.32 Å². The average Bonchev–Trinajstić information content (AvgIpc) is 2.22. The number of hydrogen-bond donors (Lipinski definition) is 3. The molecule has 3 N–H and O–H groups in total. The molecule has 0 bridgehead atoms. The van der Waals surface area contributed by atoms with E-state index in [2.05, 4.69) is 5.32 Å². The lowest BCUT2D eigenvalue weighted by atomic mass is 9.87. The molecule has 3 atom stereocenters. The lowest BCUT2D eigenvalue weighted by Gasteiger charge is -2.26. The fraction of sp³-hybridized carbons (Fsp3) is 0.909. The molecule has 7 heteroatoms. The molecule has 1 rings (SSSR count). The molecular formula is C11H18F3NO3. The van der Waals surface area contributed by atoms with E-state index < -0.39 is 24.6 Å². The van der Waals surface area contributed by atoms with Gasteiger partial charge in [-0.05, 0) is 31.7 Å². The minimum atomic E-state index is -4.73. The van der Waals surface area contributed by atoms with Crippen LogP contribution in [0.25, 0.3) is 0 Å². The Morgan fingerprint density at radius 2 is 2.06 bits per heavy atom. The van der Waals surface area contributed by atoms with Gasteiger partial charge in [0, 0.05) is 6.54 Å². The Kier molecular flexibility index (Phi) is 5.40. The van der Waals surface area contributed by atoms with Gasteiger partial charge in [-0.1, -0.05) is 6.42 Å². The molecule has 0 radical (unpaired) electrons. The van der Waals surface area contributed by atoms with Crippen LogP contribution in [0, 0.1) is 11.8 Å². The maximum absolute atomic E-state index is 12.3. The summed E-state index contributed by atoms with van der Waals surface area (Å²) in [5.41, 5.74) is 0. The average molecular weight is 269 g/mol. The number of carboxylic acids is 1. The number of aliphatic hydroxyl groups excluding tert-OH is 1. The molecule has 106 valence electrons. The summed E-state index contributed by atoms with van der Waals surface area (Å²) in [6.45, 7) is -0.303. The Balaban J connectivity index is 2.33. The Labute approximate surface area is 103 Å². The van der Waals surface area contributed by atoms with Gasteiger partial charge in [0.1, 0.15) is 0 Å². The number of rotatable bonds is 5. The number of aliphatic hydroxyl groups is 1. The third-order valence-electron chi connectivity index (χ3n) is 3.23. The second-order valence-electron chi connectivity index (χ2n) is 4.78. The van der Waals surface area contributed by atoms with Crippen LogP contribution in [0.4, 0.5) is 13.2 Å². The molecular weight excluding hydrogens is 251 g/mol. The summed E-state index contributed by atoms with van der Waals surface area (Å²) in [6.07, 6.45) is -2.11. The highest BCUT2D eigenvalue weighted by atomic mass is 19.4. The first-order chi connectivity index (χ1) is 8.30. The molecule has 0 amide bonds. The van der Waals surface area contributed by atoms with E-state index in [1.807, 2.05) is 0 Å². The van der Waals surface area contributed by atoms with Gasteiger partial charge in [0.25, 0.3) is 0 Å². The first-order valence-electron chi connectivity index (χ1n) is 5.99. The number of carboxylic acid groups (broad SMARTS) is 1. The summed E-state index contributed by atoms with van der Waals surface area (Å²) in [4.78, 5) is 10.5. The number of carbonyl (C=O) groups is 1. The van der Waals surface area contributed by atoms with Gasteiger partial charge in [-0.3, -0.25) is 4.79 Å². The predicted octanol–water partition coefficient (Wildman–Crippen LogP) is 1.39. The van der Waals surface area contributed by atoms with Gasteiger partial charge in [-0.2, -0.15) is 13.2 Å². The zero-order valence-corrected chi connectivity index (χ0v) is 9.91. The summed E-state index contributed by atoms with van der Waals surface area (Å²) in [6, 6.07) is 0.